The molecule has 1 amide bonds. The molecule has 4 nitrogen and oxygen atoms in total. The molecule has 5 heteroatoms. The zero-order chi connectivity index (χ0) is 18.8. The largest absolute Gasteiger partial charge is 0.390 e. The lowest BCUT2D eigenvalue weighted by atomic mass is 9.98. The topological polar surface area (TPSA) is 43.8 Å². The monoisotopic (exact) mass is 368 g/mol. The van der Waals surface area contributed by atoms with Crippen LogP contribution in [0.25, 0.3) is 11.1 Å². The van der Waals surface area contributed by atoms with Gasteiger partial charge < -0.3 is 10.0 Å². The molecular weight excluding hydrogens is 343 g/mol. The van der Waals surface area contributed by atoms with Crippen molar-refractivity contribution in [2.24, 2.45) is 0 Å². The third-order valence-corrected chi connectivity index (χ3v) is 5.73. The van der Waals surface area contributed by atoms with Gasteiger partial charge in [-0.2, -0.15) is 0 Å². The van der Waals surface area contributed by atoms with Crippen LogP contribution in [0.2, 0.25) is 0 Å². The van der Waals surface area contributed by atoms with Crippen molar-refractivity contribution < 1.29 is 14.3 Å². The van der Waals surface area contributed by atoms with E-state index in [0.29, 0.717) is 29.8 Å². The second-order valence-corrected chi connectivity index (χ2v) is 7.47. The Kier molecular flexibility index (Phi) is 5.23. The molecule has 2 aliphatic rings. The number of hydrogen-bond acceptors (Lipinski definition) is 3. The lowest BCUT2D eigenvalue weighted by Gasteiger charge is -2.33. The lowest BCUT2D eigenvalue weighted by molar-refractivity contribution is 0.0703. The minimum absolute atomic E-state index is 0.00475. The fourth-order valence-electron chi connectivity index (χ4n) is 4.30. The third-order valence-electron chi connectivity index (χ3n) is 5.73. The van der Waals surface area contributed by atoms with Crippen molar-refractivity contribution in [2.45, 2.75) is 31.4 Å². The molecule has 0 aromatic heterocycles. The molecule has 0 unspecified atom stereocenters. The molecule has 2 atom stereocenters. The van der Waals surface area contributed by atoms with Gasteiger partial charge in [0.15, 0.2) is 0 Å². The average molecular weight is 368 g/mol. The second kappa shape index (κ2) is 7.79. The minimum atomic E-state index is -0.535. The van der Waals surface area contributed by atoms with E-state index in [2.05, 4.69) is 4.90 Å². The van der Waals surface area contributed by atoms with Crippen LogP contribution < -0.4 is 0 Å². The van der Waals surface area contributed by atoms with Crippen molar-refractivity contribution in [3.8, 4) is 11.1 Å². The molecule has 2 aromatic rings. The molecule has 2 fully saturated rings. The Morgan fingerprint density at radius 1 is 0.926 bits per heavy atom. The Bertz CT molecular complexity index is 819. The van der Waals surface area contributed by atoms with E-state index < -0.39 is 6.10 Å². The summed E-state index contributed by atoms with van der Waals surface area (Å²) in [5.41, 5.74) is 1.50. The summed E-state index contributed by atoms with van der Waals surface area (Å²) in [7, 11) is 0. The Hall–Kier alpha value is -2.24. The van der Waals surface area contributed by atoms with E-state index in [0.717, 1.165) is 25.9 Å². The lowest BCUT2D eigenvalue weighted by Crippen LogP contribution is -2.46. The molecule has 4 rings (SSSR count). The Labute approximate surface area is 159 Å². The highest BCUT2D eigenvalue weighted by molar-refractivity contribution is 6.01. The van der Waals surface area contributed by atoms with E-state index in [9.17, 15) is 14.3 Å². The molecule has 0 spiro atoms. The number of piperidine rings is 1. The summed E-state index contributed by atoms with van der Waals surface area (Å²) >= 11 is 0. The van der Waals surface area contributed by atoms with Gasteiger partial charge in [0.2, 0.25) is 0 Å². The fourth-order valence-corrected chi connectivity index (χ4v) is 4.30. The summed E-state index contributed by atoms with van der Waals surface area (Å²) in [6, 6.07) is 13.6. The molecule has 0 radical (unpaired) electrons. The molecule has 142 valence electrons. The first-order valence-corrected chi connectivity index (χ1v) is 9.70. The van der Waals surface area contributed by atoms with Crippen molar-refractivity contribution >= 4 is 5.91 Å². The number of amides is 1. The van der Waals surface area contributed by atoms with E-state index >= 15 is 0 Å². The van der Waals surface area contributed by atoms with Gasteiger partial charge in [-0.1, -0.05) is 42.8 Å². The summed E-state index contributed by atoms with van der Waals surface area (Å²) < 4.78 is 14.3. The van der Waals surface area contributed by atoms with Gasteiger partial charge >= 0.3 is 0 Å². The average Bonchev–Trinajstić information content (AvgIpc) is 3.10. The minimum Gasteiger partial charge on any atom is -0.390 e. The number of nitrogens with zero attached hydrogens (tertiary/aromatic N) is 2. The quantitative estimate of drug-likeness (QED) is 0.905. The molecule has 2 aliphatic heterocycles. The number of hydrogen-bond donors (Lipinski definition) is 1. The van der Waals surface area contributed by atoms with Gasteiger partial charge in [0.25, 0.3) is 5.91 Å². The van der Waals surface area contributed by atoms with E-state index in [1.165, 1.54) is 12.5 Å². The predicted molar refractivity (Wildman–Crippen MR) is 103 cm³/mol. The molecule has 2 aromatic carbocycles. The van der Waals surface area contributed by atoms with Crippen molar-refractivity contribution in [1.82, 2.24) is 9.80 Å². The molecular formula is C22H25FN2O2. The number of β-amino-alcohol motifs (C(OH)–C–C–N with tert-alkyl or cyclic N) is 1. The standard InChI is InChI=1S/C22H25FN2O2/c23-19-11-5-4-9-17(19)16-8-2-3-10-18(16)22(27)25-14-20(21(26)15-25)24-12-6-1-7-13-24/h2-5,8-11,20-21,26H,1,6-7,12-15H2/t20-,21-/m1/s1. The number of likely N-dealkylation sites (tertiary alicyclic amines) is 2. The number of aliphatic hydroxyl groups is 1. The molecule has 27 heavy (non-hydrogen) atoms. The summed E-state index contributed by atoms with van der Waals surface area (Å²) in [4.78, 5) is 17.2. The Morgan fingerprint density at radius 2 is 1.59 bits per heavy atom. The van der Waals surface area contributed by atoms with Crippen LogP contribution in [0.3, 0.4) is 0 Å². The number of aliphatic hydroxyl groups excluding tert-OH is 1. The van der Waals surface area contributed by atoms with Gasteiger partial charge in [0.1, 0.15) is 5.82 Å². The normalized spacial score (nSPS) is 23.6. The smallest absolute Gasteiger partial charge is 0.254 e. The van der Waals surface area contributed by atoms with Crippen LogP contribution in [0.15, 0.2) is 48.5 Å². The molecule has 0 aliphatic carbocycles. The van der Waals surface area contributed by atoms with E-state index in [1.54, 1.807) is 41.3 Å². The molecule has 0 saturated carbocycles. The Morgan fingerprint density at radius 3 is 2.33 bits per heavy atom. The van der Waals surface area contributed by atoms with Crippen molar-refractivity contribution in [3.63, 3.8) is 0 Å². The van der Waals surface area contributed by atoms with Crippen LogP contribution in [-0.4, -0.2) is 59.1 Å². The van der Waals surface area contributed by atoms with Crippen LogP contribution in [0, 0.1) is 5.82 Å². The highest BCUT2D eigenvalue weighted by Gasteiger charge is 2.38. The van der Waals surface area contributed by atoms with Crippen LogP contribution in [-0.2, 0) is 0 Å². The maximum atomic E-state index is 14.3. The van der Waals surface area contributed by atoms with Gasteiger partial charge in [-0.25, -0.2) is 4.39 Å². The van der Waals surface area contributed by atoms with Crippen LogP contribution in [0.4, 0.5) is 4.39 Å². The first kappa shape index (κ1) is 18.1. The highest BCUT2D eigenvalue weighted by atomic mass is 19.1. The first-order chi connectivity index (χ1) is 13.1. The maximum absolute atomic E-state index is 14.3. The molecule has 0 bridgehead atoms. The van der Waals surface area contributed by atoms with Gasteiger partial charge in [-0.05, 0) is 43.6 Å². The molecule has 2 saturated heterocycles. The second-order valence-electron chi connectivity index (χ2n) is 7.47. The van der Waals surface area contributed by atoms with E-state index in [4.69, 9.17) is 0 Å². The molecule has 2 heterocycles. The Balaban J connectivity index is 1.58. The van der Waals surface area contributed by atoms with Gasteiger partial charge in [0.05, 0.1) is 12.1 Å². The van der Waals surface area contributed by atoms with Crippen LogP contribution in [0.5, 0.6) is 0 Å². The van der Waals surface area contributed by atoms with E-state index in [1.807, 2.05) is 6.07 Å². The number of halogens is 1. The van der Waals surface area contributed by atoms with Crippen molar-refractivity contribution in [3.05, 3.63) is 59.9 Å². The number of rotatable bonds is 3. The predicted octanol–water partition coefficient (Wildman–Crippen LogP) is 3.16. The SMILES string of the molecule is O=C(c1ccccc1-c1ccccc1F)N1C[C@@H](O)[C@H](N2CCCCC2)C1. The summed E-state index contributed by atoms with van der Waals surface area (Å²) in [6.07, 6.45) is 2.99. The third kappa shape index (κ3) is 3.62. The maximum Gasteiger partial charge on any atom is 0.254 e. The number of carbonyl (C=O) groups excluding carboxylic acids is 1. The molecule has 1 N–H and O–H groups in total. The summed E-state index contributed by atoms with van der Waals surface area (Å²) in [5.74, 6) is -0.488. The summed E-state index contributed by atoms with van der Waals surface area (Å²) in [6.45, 7) is 2.81. The zero-order valence-electron chi connectivity index (χ0n) is 15.4. The van der Waals surface area contributed by atoms with Gasteiger partial charge in [-0.15, -0.1) is 0 Å². The number of benzene rings is 2. The fraction of sp³-hybridized carbons (Fsp3) is 0.409. The van der Waals surface area contributed by atoms with Crippen molar-refractivity contribution in [1.29, 1.82) is 0 Å². The van der Waals surface area contributed by atoms with Crippen molar-refractivity contribution in [2.75, 3.05) is 26.2 Å². The van der Waals surface area contributed by atoms with Gasteiger partial charge in [-0.3, -0.25) is 9.69 Å². The van der Waals surface area contributed by atoms with E-state index in [-0.39, 0.29) is 17.8 Å². The zero-order valence-corrected chi connectivity index (χ0v) is 15.4. The highest BCUT2D eigenvalue weighted by Crippen LogP contribution is 2.29. The summed E-state index contributed by atoms with van der Waals surface area (Å²) in [5, 5.41) is 10.5. The first-order valence-electron chi connectivity index (χ1n) is 9.70. The van der Waals surface area contributed by atoms with Crippen LogP contribution >= 0.6 is 0 Å². The van der Waals surface area contributed by atoms with Crippen LogP contribution in [0.1, 0.15) is 29.6 Å². The van der Waals surface area contributed by atoms with Gasteiger partial charge in [0, 0.05) is 24.2 Å². The number of carbonyl (C=O) groups is 1.